The van der Waals surface area contributed by atoms with Gasteiger partial charge in [0.25, 0.3) is 0 Å². The van der Waals surface area contributed by atoms with Crippen molar-refractivity contribution in [3.8, 4) is 0 Å². The number of benzene rings is 2. The summed E-state index contributed by atoms with van der Waals surface area (Å²) in [4.78, 5) is 9.01. The van der Waals surface area contributed by atoms with Gasteiger partial charge in [0, 0.05) is 23.7 Å². The SMILES string of the molecule is C=CCn1c(CSc2nc(C)cc(C)n2)nnc1SCc1cccc2ccccc12. The Bertz CT molecular complexity index is 1160. The Morgan fingerprint density at radius 2 is 1.70 bits per heavy atom. The molecule has 0 saturated heterocycles. The number of fused-ring (bicyclic) bond motifs is 1. The van der Waals surface area contributed by atoms with Crippen LogP contribution in [-0.2, 0) is 18.1 Å². The van der Waals surface area contributed by atoms with Gasteiger partial charge in [-0.05, 0) is 36.2 Å². The van der Waals surface area contributed by atoms with Crippen LogP contribution < -0.4 is 0 Å². The van der Waals surface area contributed by atoms with E-state index in [0.29, 0.717) is 12.3 Å². The third-order valence-corrected chi connectivity index (χ3v) is 6.49. The summed E-state index contributed by atoms with van der Waals surface area (Å²) in [5.41, 5.74) is 3.25. The summed E-state index contributed by atoms with van der Waals surface area (Å²) >= 11 is 3.29. The highest BCUT2D eigenvalue weighted by atomic mass is 32.2. The normalized spacial score (nSPS) is 11.1. The van der Waals surface area contributed by atoms with Gasteiger partial charge in [0.1, 0.15) is 5.82 Å². The Balaban J connectivity index is 1.51. The van der Waals surface area contributed by atoms with E-state index in [9.17, 15) is 0 Å². The largest absolute Gasteiger partial charge is 0.301 e. The van der Waals surface area contributed by atoms with E-state index in [-0.39, 0.29) is 0 Å². The number of allylic oxidation sites excluding steroid dienone is 1. The molecule has 0 unspecified atom stereocenters. The average molecular weight is 434 g/mol. The maximum Gasteiger partial charge on any atom is 0.191 e. The van der Waals surface area contributed by atoms with E-state index in [1.165, 1.54) is 16.3 Å². The van der Waals surface area contributed by atoms with Crippen LogP contribution in [0.1, 0.15) is 22.8 Å². The third kappa shape index (κ3) is 4.74. The minimum absolute atomic E-state index is 0.665. The summed E-state index contributed by atoms with van der Waals surface area (Å²) in [6.07, 6.45) is 1.88. The van der Waals surface area contributed by atoms with Crippen molar-refractivity contribution in [2.75, 3.05) is 0 Å². The molecule has 5 nitrogen and oxygen atoms in total. The number of thioether (sulfide) groups is 2. The van der Waals surface area contributed by atoms with Crippen molar-refractivity contribution in [3.05, 3.63) is 84.0 Å². The van der Waals surface area contributed by atoms with Crippen molar-refractivity contribution >= 4 is 34.3 Å². The highest BCUT2D eigenvalue weighted by molar-refractivity contribution is 7.98. The fraction of sp³-hybridized carbons (Fsp3) is 0.217. The van der Waals surface area contributed by atoms with Crippen molar-refractivity contribution in [3.63, 3.8) is 0 Å². The van der Waals surface area contributed by atoms with Crippen LogP contribution in [0.2, 0.25) is 0 Å². The molecule has 4 aromatic rings. The van der Waals surface area contributed by atoms with Gasteiger partial charge in [0.2, 0.25) is 0 Å². The van der Waals surface area contributed by atoms with E-state index in [0.717, 1.165) is 33.3 Å². The van der Waals surface area contributed by atoms with Crippen molar-refractivity contribution in [1.29, 1.82) is 0 Å². The molecular weight excluding hydrogens is 410 g/mol. The topological polar surface area (TPSA) is 56.5 Å². The number of nitrogens with zero attached hydrogens (tertiary/aromatic N) is 5. The van der Waals surface area contributed by atoms with E-state index in [1.807, 2.05) is 26.0 Å². The van der Waals surface area contributed by atoms with Crippen LogP contribution in [0.15, 0.2) is 71.5 Å². The molecule has 30 heavy (non-hydrogen) atoms. The van der Waals surface area contributed by atoms with Gasteiger partial charge in [-0.2, -0.15) is 0 Å². The van der Waals surface area contributed by atoms with Gasteiger partial charge in [-0.1, -0.05) is 72.1 Å². The Kier molecular flexibility index (Phi) is 6.50. The maximum absolute atomic E-state index is 4.51. The molecule has 0 aliphatic carbocycles. The average Bonchev–Trinajstić information content (AvgIpc) is 3.12. The lowest BCUT2D eigenvalue weighted by molar-refractivity contribution is 0.700. The molecule has 2 aromatic carbocycles. The van der Waals surface area contributed by atoms with Gasteiger partial charge in [-0.25, -0.2) is 9.97 Å². The summed E-state index contributed by atoms with van der Waals surface area (Å²) in [5.74, 6) is 2.41. The summed E-state index contributed by atoms with van der Waals surface area (Å²) in [6, 6.07) is 16.9. The fourth-order valence-corrected chi connectivity index (χ4v) is 5.15. The van der Waals surface area contributed by atoms with Gasteiger partial charge in [-0.3, -0.25) is 0 Å². The third-order valence-electron chi connectivity index (χ3n) is 4.63. The monoisotopic (exact) mass is 433 g/mol. The number of rotatable bonds is 8. The summed E-state index contributed by atoms with van der Waals surface area (Å²) < 4.78 is 2.12. The Morgan fingerprint density at radius 3 is 2.50 bits per heavy atom. The zero-order valence-electron chi connectivity index (χ0n) is 17.1. The van der Waals surface area contributed by atoms with Gasteiger partial charge in [0.05, 0.1) is 5.75 Å². The smallest absolute Gasteiger partial charge is 0.191 e. The van der Waals surface area contributed by atoms with Crippen LogP contribution >= 0.6 is 23.5 Å². The second kappa shape index (κ2) is 9.45. The summed E-state index contributed by atoms with van der Waals surface area (Å²) in [7, 11) is 0. The van der Waals surface area contributed by atoms with Crippen molar-refractivity contribution in [1.82, 2.24) is 24.7 Å². The quantitative estimate of drug-likeness (QED) is 0.205. The van der Waals surface area contributed by atoms with Gasteiger partial charge in [0.15, 0.2) is 10.3 Å². The molecule has 2 aromatic heterocycles. The molecule has 0 saturated carbocycles. The zero-order chi connectivity index (χ0) is 20.9. The maximum atomic E-state index is 4.51. The molecule has 2 heterocycles. The van der Waals surface area contributed by atoms with Crippen LogP contribution in [0, 0.1) is 13.8 Å². The number of hydrogen-bond acceptors (Lipinski definition) is 6. The Morgan fingerprint density at radius 1 is 0.933 bits per heavy atom. The van der Waals surface area contributed by atoms with Crippen LogP contribution in [0.5, 0.6) is 0 Å². The van der Waals surface area contributed by atoms with E-state index in [1.54, 1.807) is 23.5 Å². The van der Waals surface area contributed by atoms with Crippen molar-refractivity contribution in [2.45, 2.75) is 42.2 Å². The predicted octanol–water partition coefficient (Wildman–Crippen LogP) is 5.61. The minimum Gasteiger partial charge on any atom is -0.301 e. The lowest BCUT2D eigenvalue weighted by atomic mass is 10.1. The molecule has 0 aliphatic rings. The first kappa shape index (κ1) is 20.6. The molecule has 4 rings (SSSR count). The van der Waals surface area contributed by atoms with E-state index in [2.05, 4.69) is 73.8 Å². The minimum atomic E-state index is 0.665. The highest BCUT2D eigenvalue weighted by Gasteiger charge is 2.14. The first-order valence-electron chi connectivity index (χ1n) is 9.71. The summed E-state index contributed by atoms with van der Waals surface area (Å²) in [6.45, 7) is 8.55. The molecule has 0 spiro atoms. The van der Waals surface area contributed by atoms with Crippen LogP contribution in [-0.4, -0.2) is 24.7 Å². The van der Waals surface area contributed by atoms with E-state index < -0.39 is 0 Å². The van der Waals surface area contributed by atoms with Gasteiger partial charge >= 0.3 is 0 Å². The first-order valence-corrected chi connectivity index (χ1v) is 11.7. The molecule has 0 bridgehead atoms. The number of hydrogen-bond donors (Lipinski definition) is 0. The first-order chi connectivity index (χ1) is 14.6. The van der Waals surface area contributed by atoms with E-state index in [4.69, 9.17) is 0 Å². The number of aromatic nitrogens is 5. The van der Waals surface area contributed by atoms with Crippen molar-refractivity contribution in [2.24, 2.45) is 0 Å². The van der Waals surface area contributed by atoms with Crippen LogP contribution in [0.3, 0.4) is 0 Å². The van der Waals surface area contributed by atoms with Gasteiger partial charge in [-0.15, -0.1) is 16.8 Å². The predicted molar refractivity (Wildman–Crippen MR) is 125 cm³/mol. The molecule has 7 heteroatoms. The van der Waals surface area contributed by atoms with E-state index >= 15 is 0 Å². The molecule has 0 atom stereocenters. The van der Waals surface area contributed by atoms with Gasteiger partial charge < -0.3 is 4.57 Å². The lowest BCUT2D eigenvalue weighted by Crippen LogP contribution is -2.03. The molecule has 0 radical (unpaired) electrons. The highest BCUT2D eigenvalue weighted by Crippen LogP contribution is 2.28. The molecule has 0 amide bonds. The summed E-state index contributed by atoms with van der Waals surface area (Å²) in [5, 5.41) is 13.1. The molecular formula is C23H23N5S2. The molecule has 152 valence electrons. The second-order valence-corrected chi connectivity index (χ2v) is 8.83. The van der Waals surface area contributed by atoms with Crippen LogP contribution in [0.4, 0.5) is 0 Å². The number of aryl methyl sites for hydroxylation is 2. The molecule has 0 fully saturated rings. The van der Waals surface area contributed by atoms with Crippen LogP contribution in [0.25, 0.3) is 10.8 Å². The zero-order valence-corrected chi connectivity index (χ0v) is 18.7. The lowest BCUT2D eigenvalue weighted by Gasteiger charge is -2.09. The molecule has 0 N–H and O–H groups in total. The standard InChI is InChI=1S/C23H23N5S2/c1-4-12-28-21(15-29-22-24-16(2)13-17(3)25-22)26-27-23(28)30-14-19-10-7-9-18-8-5-6-11-20(18)19/h4-11,13H,1,12,14-15H2,2-3H3. The molecule has 0 aliphatic heterocycles. The fourth-order valence-electron chi connectivity index (χ4n) is 3.29. The second-order valence-electron chi connectivity index (χ2n) is 6.95. The Hall–Kier alpha value is -2.64. The Labute approximate surface area is 185 Å². The van der Waals surface area contributed by atoms with Crippen molar-refractivity contribution < 1.29 is 0 Å².